The molecule has 0 aliphatic carbocycles. The van der Waals surface area contributed by atoms with Gasteiger partial charge in [0.25, 0.3) is 0 Å². The molecule has 1 aliphatic rings. The van der Waals surface area contributed by atoms with Gasteiger partial charge in [-0.15, -0.1) is 11.3 Å². The second-order valence-electron chi connectivity index (χ2n) is 5.10. The summed E-state index contributed by atoms with van der Waals surface area (Å²) in [7, 11) is 1.99. The highest BCUT2D eigenvalue weighted by molar-refractivity contribution is 7.11. The molecule has 3 nitrogen and oxygen atoms in total. The highest BCUT2D eigenvalue weighted by Crippen LogP contribution is 2.31. The number of nitrogens with zero attached hydrogens (tertiary/aromatic N) is 2. The second-order valence-corrected chi connectivity index (χ2v) is 6.25. The van der Waals surface area contributed by atoms with Crippen molar-refractivity contribution in [2.75, 3.05) is 20.1 Å². The van der Waals surface area contributed by atoms with E-state index in [0.717, 1.165) is 6.54 Å². The SMILES string of the molecule is CNCc1cnc(C2CCN(C(C)C)CC2)s1. The Morgan fingerprint density at radius 2 is 2.18 bits per heavy atom. The van der Waals surface area contributed by atoms with Gasteiger partial charge in [-0.25, -0.2) is 4.98 Å². The average Bonchev–Trinajstić information content (AvgIpc) is 2.78. The molecule has 2 heterocycles. The third kappa shape index (κ3) is 3.27. The maximum absolute atomic E-state index is 4.59. The summed E-state index contributed by atoms with van der Waals surface area (Å²) < 4.78 is 0. The van der Waals surface area contributed by atoms with Crippen LogP contribution in [0.3, 0.4) is 0 Å². The number of aromatic nitrogens is 1. The van der Waals surface area contributed by atoms with Gasteiger partial charge in [-0.3, -0.25) is 0 Å². The van der Waals surface area contributed by atoms with E-state index in [4.69, 9.17) is 0 Å². The first kappa shape index (κ1) is 13.0. The van der Waals surface area contributed by atoms with Gasteiger partial charge >= 0.3 is 0 Å². The zero-order chi connectivity index (χ0) is 12.3. The standard InChI is InChI=1S/C13H23N3S/c1-10(2)16-6-4-11(5-7-16)13-15-9-12(17-13)8-14-3/h9-11,14H,4-8H2,1-3H3. The predicted molar refractivity (Wildman–Crippen MR) is 73.6 cm³/mol. The van der Waals surface area contributed by atoms with Crippen LogP contribution < -0.4 is 5.32 Å². The molecule has 96 valence electrons. The van der Waals surface area contributed by atoms with Gasteiger partial charge in [0.1, 0.15) is 0 Å². The number of piperidine rings is 1. The van der Waals surface area contributed by atoms with E-state index in [2.05, 4.69) is 29.0 Å². The fraction of sp³-hybridized carbons (Fsp3) is 0.769. The maximum Gasteiger partial charge on any atom is 0.0960 e. The van der Waals surface area contributed by atoms with Crippen molar-refractivity contribution in [3.63, 3.8) is 0 Å². The van der Waals surface area contributed by atoms with Crippen molar-refractivity contribution in [3.8, 4) is 0 Å². The lowest BCUT2D eigenvalue weighted by molar-refractivity contribution is 0.172. The third-order valence-corrected chi connectivity index (χ3v) is 4.69. The minimum absolute atomic E-state index is 0.687. The molecule has 1 saturated heterocycles. The van der Waals surface area contributed by atoms with Crippen LogP contribution in [0.2, 0.25) is 0 Å². The molecule has 0 bridgehead atoms. The van der Waals surface area contributed by atoms with Crippen molar-refractivity contribution >= 4 is 11.3 Å². The number of rotatable bonds is 4. The van der Waals surface area contributed by atoms with Crippen molar-refractivity contribution in [2.45, 2.75) is 45.2 Å². The van der Waals surface area contributed by atoms with Crippen LogP contribution in [0, 0.1) is 0 Å². The third-order valence-electron chi connectivity index (χ3n) is 3.53. The van der Waals surface area contributed by atoms with Gasteiger partial charge in [-0.2, -0.15) is 0 Å². The number of hydrogen-bond acceptors (Lipinski definition) is 4. The molecule has 17 heavy (non-hydrogen) atoms. The first-order chi connectivity index (χ1) is 8.20. The molecular formula is C13H23N3S. The summed E-state index contributed by atoms with van der Waals surface area (Å²) in [6.45, 7) is 7.97. The molecule has 1 aromatic rings. The summed E-state index contributed by atoms with van der Waals surface area (Å²) in [6, 6.07) is 0.687. The summed E-state index contributed by atoms with van der Waals surface area (Å²) in [5, 5.41) is 4.53. The Morgan fingerprint density at radius 1 is 1.47 bits per heavy atom. The van der Waals surface area contributed by atoms with Crippen molar-refractivity contribution in [1.82, 2.24) is 15.2 Å². The van der Waals surface area contributed by atoms with Crippen LogP contribution in [0.4, 0.5) is 0 Å². The average molecular weight is 253 g/mol. The predicted octanol–water partition coefficient (Wildman–Crippen LogP) is 2.45. The summed E-state index contributed by atoms with van der Waals surface area (Å²) in [5.41, 5.74) is 0. The van der Waals surface area contributed by atoms with Gasteiger partial charge in [0, 0.05) is 29.6 Å². The molecule has 0 atom stereocenters. The fourth-order valence-electron chi connectivity index (χ4n) is 2.43. The summed E-state index contributed by atoms with van der Waals surface area (Å²) in [6.07, 6.45) is 4.57. The minimum Gasteiger partial charge on any atom is -0.315 e. The molecule has 0 spiro atoms. The van der Waals surface area contributed by atoms with E-state index in [-0.39, 0.29) is 0 Å². The lowest BCUT2D eigenvalue weighted by atomic mass is 9.97. The molecule has 0 unspecified atom stereocenters. The zero-order valence-corrected chi connectivity index (χ0v) is 11.9. The molecule has 2 rings (SSSR count). The molecule has 1 aliphatic heterocycles. The molecule has 1 aromatic heterocycles. The molecule has 0 amide bonds. The Balaban J connectivity index is 1.91. The Hall–Kier alpha value is -0.450. The van der Waals surface area contributed by atoms with Crippen LogP contribution in [0.25, 0.3) is 0 Å². The maximum atomic E-state index is 4.59. The molecule has 0 radical (unpaired) electrons. The van der Waals surface area contributed by atoms with E-state index in [0.29, 0.717) is 12.0 Å². The van der Waals surface area contributed by atoms with E-state index in [1.54, 1.807) is 0 Å². The molecule has 1 N–H and O–H groups in total. The van der Waals surface area contributed by atoms with Crippen molar-refractivity contribution in [2.24, 2.45) is 0 Å². The Bertz CT molecular complexity index is 340. The van der Waals surface area contributed by atoms with E-state index < -0.39 is 0 Å². The van der Waals surface area contributed by atoms with Crippen molar-refractivity contribution in [1.29, 1.82) is 0 Å². The number of thiazole rings is 1. The molecule has 0 saturated carbocycles. The first-order valence-electron chi connectivity index (χ1n) is 6.54. The summed E-state index contributed by atoms with van der Waals surface area (Å²) >= 11 is 1.88. The van der Waals surface area contributed by atoms with Crippen LogP contribution >= 0.6 is 11.3 Å². The molecule has 0 aromatic carbocycles. The molecule has 4 heteroatoms. The lowest BCUT2D eigenvalue weighted by Crippen LogP contribution is -2.37. The quantitative estimate of drug-likeness (QED) is 0.893. The molecular weight excluding hydrogens is 230 g/mol. The summed E-state index contributed by atoms with van der Waals surface area (Å²) in [4.78, 5) is 8.51. The smallest absolute Gasteiger partial charge is 0.0960 e. The highest BCUT2D eigenvalue weighted by atomic mass is 32.1. The van der Waals surface area contributed by atoms with Crippen LogP contribution in [0.1, 0.15) is 42.5 Å². The Morgan fingerprint density at radius 3 is 2.76 bits per heavy atom. The topological polar surface area (TPSA) is 28.2 Å². The van der Waals surface area contributed by atoms with E-state index >= 15 is 0 Å². The van der Waals surface area contributed by atoms with Gasteiger partial charge in [-0.1, -0.05) is 0 Å². The number of likely N-dealkylation sites (tertiary alicyclic amines) is 1. The number of hydrogen-bond donors (Lipinski definition) is 1. The van der Waals surface area contributed by atoms with Gasteiger partial charge < -0.3 is 10.2 Å². The normalized spacial score (nSPS) is 19.1. The van der Waals surface area contributed by atoms with Crippen LogP contribution in [-0.2, 0) is 6.54 Å². The second kappa shape index (κ2) is 5.94. The van der Waals surface area contributed by atoms with Gasteiger partial charge in [0.15, 0.2) is 0 Å². The van der Waals surface area contributed by atoms with Crippen LogP contribution in [-0.4, -0.2) is 36.1 Å². The monoisotopic (exact) mass is 253 g/mol. The van der Waals surface area contributed by atoms with Gasteiger partial charge in [-0.05, 0) is 46.8 Å². The Labute approximate surface area is 108 Å². The lowest BCUT2D eigenvalue weighted by Gasteiger charge is -2.33. The fourth-order valence-corrected chi connectivity index (χ4v) is 3.53. The summed E-state index contributed by atoms with van der Waals surface area (Å²) in [5.74, 6) is 0.695. The Kier molecular flexibility index (Phi) is 4.54. The van der Waals surface area contributed by atoms with E-state index in [1.807, 2.05) is 24.6 Å². The van der Waals surface area contributed by atoms with E-state index in [1.165, 1.54) is 35.8 Å². The van der Waals surface area contributed by atoms with Crippen LogP contribution in [0.15, 0.2) is 6.20 Å². The molecule has 1 fully saturated rings. The van der Waals surface area contributed by atoms with Crippen molar-refractivity contribution in [3.05, 3.63) is 16.1 Å². The van der Waals surface area contributed by atoms with Gasteiger partial charge in [0.2, 0.25) is 0 Å². The largest absolute Gasteiger partial charge is 0.315 e. The van der Waals surface area contributed by atoms with Gasteiger partial charge in [0.05, 0.1) is 5.01 Å². The van der Waals surface area contributed by atoms with Crippen LogP contribution in [0.5, 0.6) is 0 Å². The zero-order valence-electron chi connectivity index (χ0n) is 11.1. The van der Waals surface area contributed by atoms with Crippen molar-refractivity contribution < 1.29 is 0 Å². The number of nitrogens with one attached hydrogen (secondary N) is 1. The van der Waals surface area contributed by atoms with E-state index in [9.17, 15) is 0 Å². The first-order valence-corrected chi connectivity index (χ1v) is 7.35. The highest BCUT2D eigenvalue weighted by Gasteiger charge is 2.23. The minimum atomic E-state index is 0.687.